The number of benzene rings is 1. The number of nitrogens with zero attached hydrogens (tertiary/aromatic N) is 3. The molecule has 0 aliphatic rings. The number of thioether (sulfide) groups is 1. The average Bonchev–Trinajstić information content (AvgIpc) is 2.79. The van der Waals surface area contributed by atoms with Gasteiger partial charge < -0.3 is 10.3 Å². The predicted molar refractivity (Wildman–Crippen MR) is 85.7 cm³/mol. The summed E-state index contributed by atoms with van der Waals surface area (Å²) >= 11 is 1.87. The minimum Gasteiger partial charge on any atom is -0.369 e. The number of nitrogen functional groups attached to an aromatic ring is 1. The van der Waals surface area contributed by atoms with Crippen LogP contribution in [0.4, 0.5) is 5.95 Å². The van der Waals surface area contributed by atoms with Crippen LogP contribution in [-0.4, -0.2) is 20.6 Å². The molecule has 0 aliphatic carbocycles. The van der Waals surface area contributed by atoms with E-state index in [9.17, 15) is 0 Å². The highest BCUT2D eigenvalue weighted by Crippen LogP contribution is 2.34. The van der Waals surface area contributed by atoms with Crippen LogP contribution in [0.2, 0.25) is 0 Å². The van der Waals surface area contributed by atoms with Gasteiger partial charge in [0.2, 0.25) is 5.95 Å². The van der Waals surface area contributed by atoms with Gasteiger partial charge in [0.25, 0.3) is 0 Å². The van der Waals surface area contributed by atoms with Crippen molar-refractivity contribution in [2.24, 2.45) is 0 Å². The van der Waals surface area contributed by atoms with Gasteiger partial charge in [-0.25, -0.2) is 4.98 Å². The second-order valence-corrected chi connectivity index (χ2v) is 6.24. The summed E-state index contributed by atoms with van der Waals surface area (Å²) in [7, 11) is 0. The van der Waals surface area contributed by atoms with Gasteiger partial charge in [-0.2, -0.15) is 17.0 Å². The first kappa shape index (κ1) is 14.7. The summed E-state index contributed by atoms with van der Waals surface area (Å²) in [6.07, 6.45) is 4.28. The van der Waals surface area contributed by atoms with E-state index in [1.165, 1.54) is 0 Å². The second-order valence-electron chi connectivity index (χ2n) is 4.97. The zero-order valence-electron chi connectivity index (χ0n) is 12.2. The lowest BCUT2D eigenvalue weighted by atomic mass is 10.0. The molecule has 4 nitrogen and oxygen atoms in total. The number of nitriles is 1. The van der Waals surface area contributed by atoms with Gasteiger partial charge in [0.15, 0.2) is 0 Å². The molecule has 0 aliphatic heterocycles. The van der Waals surface area contributed by atoms with Gasteiger partial charge >= 0.3 is 0 Å². The SMILES string of the molecule is CCC(CC)(Cn1c(N)nc2ccc(C#N)cc21)SC. The zero-order valence-corrected chi connectivity index (χ0v) is 13.0. The molecular formula is C15H20N4S. The van der Waals surface area contributed by atoms with Crippen molar-refractivity contribution in [1.29, 1.82) is 5.26 Å². The molecule has 0 atom stereocenters. The van der Waals surface area contributed by atoms with E-state index in [1.807, 2.05) is 28.5 Å². The Morgan fingerprint density at radius 3 is 2.65 bits per heavy atom. The van der Waals surface area contributed by atoms with Crippen molar-refractivity contribution in [3.05, 3.63) is 23.8 Å². The van der Waals surface area contributed by atoms with E-state index in [0.717, 1.165) is 30.4 Å². The molecule has 0 amide bonds. The van der Waals surface area contributed by atoms with Crippen LogP contribution in [0.5, 0.6) is 0 Å². The summed E-state index contributed by atoms with van der Waals surface area (Å²) in [6.45, 7) is 5.23. The molecule has 1 heterocycles. The van der Waals surface area contributed by atoms with Crippen molar-refractivity contribution in [2.75, 3.05) is 12.0 Å². The standard InChI is InChI=1S/C15H20N4S/c1-4-15(5-2,20-3)10-19-13-8-11(9-16)6-7-12(13)18-14(19)17/h6-8H,4-5,10H2,1-3H3,(H2,17,18). The van der Waals surface area contributed by atoms with Crippen LogP contribution in [0.25, 0.3) is 11.0 Å². The smallest absolute Gasteiger partial charge is 0.201 e. The summed E-state index contributed by atoms with van der Waals surface area (Å²) in [4.78, 5) is 4.40. The van der Waals surface area contributed by atoms with Crippen molar-refractivity contribution in [2.45, 2.75) is 38.0 Å². The average molecular weight is 288 g/mol. The number of rotatable bonds is 5. The Hall–Kier alpha value is -1.67. The third kappa shape index (κ3) is 2.48. The Labute approximate surface area is 124 Å². The molecule has 2 N–H and O–H groups in total. The monoisotopic (exact) mass is 288 g/mol. The van der Waals surface area contributed by atoms with Gasteiger partial charge in [-0.3, -0.25) is 0 Å². The molecule has 5 heteroatoms. The molecule has 0 spiro atoms. The topological polar surface area (TPSA) is 67.6 Å². The Morgan fingerprint density at radius 1 is 1.40 bits per heavy atom. The van der Waals surface area contributed by atoms with E-state index in [1.54, 1.807) is 6.07 Å². The molecule has 1 aromatic carbocycles. The maximum absolute atomic E-state index is 9.05. The Kier molecular flexibility index (Phi) is 4.24. The maximum atomic E-state index is 9.05. The van der Waals surface area contributed by atoms with Crippen molar-refractivity contribution in [3.63, 3.8) is 0 Å². The summed E-state index contributed by atoms with van der Waals surface area (Å²) in [5.41, 5.74) is 8.51. The van der Waals surface area contributed by atoms with Crippen LogP contribution in [0.1, 0.15) is 32.3 Å². The molecule has 0 unspecified atom stereocenters. The maximum Gasteiger partial charge on any atom is 0.201 e. The van der Waals surface area contributed by atoms with E-state index in [0.29, 0.717) is 11.5 Å². The fourth-order valence-electron chi connectivity index (χ4n) is 2.49. The molecule has 0 fully saturated rings. The van der Waals surface area contributed by atoms with Crippen LogP contribution >= 0.6 is 11.8 Å². The van der Waals surface area contributed by atoms with Gasteiger partial charge in [0.05, 0.1) is 22.7 Å². The summed E-state index contributed by atoms with van der Waals surface area (Å²) < 4.78 is 2.20. The quantitative estimate of drug-likeness (QED) is 0.915. The molecule has 0 saturated carbocycles. The van der Waals surface area contributed by atoms with E-state index >= 15 is 0 Å². The molecule has 0 bridgehead atoms. The first-order valence-electron chi connectivity index (χ1n) is 6.80. The molecular weight excluding hydrogens is 268 g/mol. The number of hydrogen-bond acceptors (Lipinski definition) is 4. The number of fused-ring (bicyclic) bond motifs is 1. The molecule has 2 rings (SSSR count). The number of aromatic nitrogens is 2. The fourth-order valence-corrected chi connectivity index (χ4v) is 3.33. The molecule has 106 valence electrons. The largest absolute Gasteiger partial charge is 0.369 e. The summed E-state index contributed by atoms with van der Waals surface area (Å²) in [5, 5.41) is 9.05. The van der Waals surface area contributed by atoms with Crippen molar-refractivity contribution < 1.29 is 0 Å². The zero-order chi connectivity index (χ0) is 14.8. The lowest BCUT2D eigenvalue weighted by Gasteiger charge is -2.30. The van der Waals surface area contributed by atoms with Crippen molar-refractivity contribution in [1.82, 2.24) is 9.55 Å². The normalized spacial score (nSPS) is 11.7. The minimum atomic E-state index is 0.157. The third-order valence-electron chi connectivity index (χ3n) is 4.07. The highest BCUT2D eigenvalue weighted by molar-refractivity contribution is 8.00. The van der Waals surface area contributed by atoms with Gasteiger partial charge in [0, 0.05) is 11.3 Å². The number of hydrogen-bond donors (Lipinski definition) is 1. The highest BCUT2D eigenvalue weighted by atomic mass is 32.2. The van der Waals surface area contributed by atoms with Gasteiger partial charge in [-0.1, -0.05) is 13.8 Å². The van der Waals surface area contributed by atoms with Crippen LogP contribution in [0.15, 0.2) is 18.2 Å². The molecule has 0 radical (unpaired) electrons. The summed E-state index contributed by atoms with van der Waals surface area (Å²) in [5.74, 6) is 0.524. The second kappa shape index (κ2) is 5.76. The lowest BCUT2D eigenvalue weighted by molar-refractivity contribution is 0.476. The van der Waals surface area contributed by atoms with E-state index in [-0.39, 0.29) is 4.75 Å². The van der Waals surface area contributed by atoms with Crippen molar-refractivity contribution >= 4 is 28.7 Å². The Balaban J connectivity index is 2.53. The first-order valence-corrected chi connectivity index (χ1v) is 8.02. The van der Waals surface area contributed by atoms with Crippen LogP contribution < -0.4 is 5.73 Å². The van der Waals surface area contributed by atoms with Gasteiger partial charge in [0.1, 0.15) is 0 Å². The number of imidazole rings is 1. The molecule has 1 aromatic heterocycles. The number of anilines is 1. The van der Waals surface area contributed by atoms with Gasteiger partial charge in [-0.15, -0.1) is 0 Å². The van der Waals surface area contributed by atoms with E-state index in [4.69, 9.17) is 11.0 Å². The minimum absolute atomic E-state index is 0.157. The van der Waals surface area contributed by atoms with E-state index < -0.39 is 0 Å². The molecule has 2 aromatic rings. The Morgan fingerprint density at radius 2 is 2.10 bits per heavy atom. The lowest BCUT2D eigenvalue weighted by Crippen LogP contribution is -2.29. The predicted octanol–water partition coefficient (Wildman–Crippen LogP) is 3.41. The first-order chi connectivity index (χ1) is 9.59. The highest BCUT2D eigenvalue weighted by Gasteiger charge is 2.27. The fraction of sp³-hybridized carbons (Fsp3) is 0.467. The molecule has 20 heavy (non-hydrogen) atoms. The molecule has 0 saturated heterocycles. The van der Waals surface area contributed by atoms with Crippen molar-refractivity contribution in [3.8, 4) is 6.07 Å². The number of nitrogens with two attached hydrogens (primary N) is 1. The van der Waals surface area contributed by atoms with E-state index in [2.05, 4.69) is 31.2 Å². The summed E-state index contributed by atoms with van der Waals surface area (Å²) in [6, 6.07) is 7.68. The van der Waals surface area contributed by atoms with Crippen LogP contribution in [-0.2, 0) is 6.54 Å². The van der Waals surface area contributed by atoms with Gasteiger partial charge in [-0.05, 0) is 37.3 Å². The Bertz CT molecular complexity index is 641. The van der Waals surface area contributed by atoms with Crippen LogP contribution in [0.3, 0.4) is 0 Å². The third-order valence-corrected chi connectivity index (χ3v) is 5.65. The van der Waals surface area contributed by atoms with Crippen LogP contribution in [0, 0.1) is 11.3 Å².